The molecule has 0 amide bonds. The molecule has 0 aliphatic heterocycles. The molecule has 11 heteroatoms. The molecular formula is C10H15FN4O5S. The van der Waals surface area contributed by atoms with Crippen molar-refractivity contribution in [2.45, 2.75) is 4.90 Å². The second-order valence-electron chi connectivity index (χ2n) is 4.03. The number of sulfonamides is 1. The Hall–Kier alpha value is -1.82. The summed E-state index contributed by atoms with van der Waals surface area (Å²) in [4.78, 5) is 9.04. The average molecular weight is 322 g/mol. The number of hydrazine groups is 1. The van der Waals surface area contributed by atoms with Crippen molar-refractivity contribution >= 4 is 21.4 Å². The van der Waals surface area contributed by atoms with Crippen LogP contribution < -0.4 is 11.3 Å². The SMILES string of the molecule is COCCN(C)S(=O)(=O)c1c(F)cc([N+](=O)[O-])cc1NN. The number of likely N-dealkylation sites (N-methyl/N-ethyl adjacent to an activating group) is 1. The van der Waals surface area contributed by atoms with Crippen molar-refractivity contribution in [2.24, 2.45) is 5.84 Å². The van der Waals surface area contributed by atoms with Crippen LogP contribution in [0.25, 0.3) is 0 Å². The third-order valence-corrected chi connectivity index (χ3v) is 4.61. The number of nitro groups is 1. The molecular weight excluding hydrogens is 307 g/mol. The van der Waals surface area contributed by atoms with Crippen LogP contribution in [0.4, 0.5) is 15.8 Å². The summed E-state index contributed by atoms with van der Waals surface area (Å²) in [6.45, 7) is 0.0923. The Morgan fingerprint density at radius 1 is 1.52 bits per heavy atom. The number of nitrogens with one attached hydrogen (secondary N) is 1. The smallest absolute Gasteiger partial charge is 0.274 e. The van der Waals surface area contributed by atoms with E-state index in [9.17, 15) is 22.9 Å². The first-order valence-corrected chi connectivity index (χ1v) is 7.09. The van der Waals surface area contributed by atoms with E-state index in [0.717, 1.165) is 10.4 Å². The summed E-state index contributed by atoms with van der Waals surface area (Å²) in [5.74, 6) is 3.88. The molecule has 0 fully saturated rings. The van der Waals surface area contributed by atoms with Crippen LogP contribution in [-0.4, -0.2) is 45.0 Å². The topological polar surface area (TPSA) is 128 Å². The standard InChI is InChI=1S/C10H15FN4O5S/c1-14(3-4-20-2)21(18,19)10-8(11)5-7(15(16)17)6-9(10)13-12/h5-6,13H,3-4,12H2,1-2H3. The molecule has 3 N–H and O–H groups in total. The Kier molecular flexibility index (Phi) is 5.54. The lowest BCUT2D eigenvalue weighted by Gasteiger charge is -2.19. The van der Waals surface area contributed by atoms with Crippen LogP contribution in [0.15, 0.2) is 17.0 Å². The van der Waals surface area contributed by atoms with Gasteiger partial charge in [0, 0.05) is 26.8 Å². The van der Waals surface area contributed by atoms with E-state index in [4.69, 9.17) is 10.6 Å². The number of nitro benzene ring substituents is 1. The van der Waals surface area contributed by atoms with Gasteiger partial charge in [-0.3, -0.25) is 16.0 Å². The fourth-order valence-electron chi connectivity index (χ4n) is 1.55. The Morgan fingerprint density at radius 2 is 2.14 bits per heavy atom. The molecule has 118 valence electrons. The van der Waals surface area contributed by atoms with Crippen LogP contribution >= 0.6 is 0 Å². The van der Waals surface area contributed by atoms with Crippen molar-refractivity contribution in [1.82, 2.24) is 4.31 Å². The van der Waals surface area contributed by atoms with Crippen molar-refractivity contribution in [1.29, 1.82) is 0 Å². The van der Waals surface area contributed by atoms with E-state index in [-0.39, 0.29) is 13.2 Å². The monoisotopic (exact) mass is 322 g/mol. The van der Waals surface area contributed by atoms with Gasteiger partial charge in [0.2, 0.25) is 10.0 Å². The van der Waals surface area contributed by atoms with E-state index in [1.807, 2.05) is 5.43 Å². The van der Waals surface area contributed by atoms with Gasteiger partial charge in [-0.15, -0.1) is 0 Å². The number of benzene rings is 1. The predicted octanol–water partition coefficient (Wildman–Crippen LogP) is 0.286. The maximum atomic E-state index is 14.0. The molecule has 1 aromatic rings. The molecule has 0 aliphatic carbocycles. The van der Waals surface area contributed by atoms with E-state index in [1.165, 1.54) is 14.2 Å². The number of nitrogen functional groups attached to an aromatic ring is 1. The van der Waals surface area contributed by atoms with Crippen LogP contribution in [0.5, 0.6) is 0 Å². The van der Waals surface area contributed by atoms with Crippen LogP contribution in [0.2, 0.25) is 0 Å². The van der Waals surface area contributed by atoms with Crippen LogP contribution in [-0.2, 0) is 14.8 Å². The largest absolute Gasteiger partial charge is 0.383 e. The number of nitrogens with two attached hydrogens (primary N) is 1. The molecule has 0 unspecified atom stereocenters. The summed E-state index contributed by atoms with van der Waals surface area (Å²) in [6, 6.07) is 1.37. The maximum Gasteiger partial charge on any atom is 0.274 e. The zero-order valence-corrected chi connectivity index (χ0v) is 12.2. The van der Waals surface area contributed by atoms with Gasteiger partial charge in [-0.05, 0) is 0 Å². The lowest BCUT2D eigenvalue weighted by molar-refractivity contribution is -0.385. The molecule has 0 heterocycles. The second kappa shape index (κ2) is 6.76. The number of hydrogen-bond donors (Lipinski definition) is 2. The van der Waals surface area contributed by atoms with E-state index in [0.29, 0.717) is 6.07 Å². The van der Waals surface area contributed by atoms with E-state index >= 15 is 0 Å². The molecule has 1 aromatic carbocycles. The molecule has 0 radical (unpaired) electrons. The highest BCUT2D eigenvalue weighted by Gasteiger charge is 2.30. The van der Waals surface area contributed by atoms with Gasteiger partial charge in [0.15, 0.2) is 5.82 Å². The number of methoxy groups -OCH3 is 1. The number of non-ortho nitro benzene ring substituents is 1. The molecule has 0 atom stereocenters. The summed E-state index contributed by atoms with van der Waals surface area (Å²) in [7, 11) is -1.59. The Labute approximate surface area is 120 Å². The predicted molar refractivity (Wildman–Crippen MR) is 72.6 cm³/mol. The minimum atomic E-state index is -4.21. The van der Waals surface area contributed by atoms with Crippen molar-refractivity contribution in [3.05, 3.63) is 28.1 Å². The van der Waals surface area contributed by atoms with E-state index < -0.39 is 37.0 Å². The summed E-state index contributed by atoms with van der Waals surface area (Å²) < 4.78 is 44.2. The summed E-state index contributed by atoms with van der Waals surface area (Å²) in [5, 5.41) is 10.7. The highest BCUT2D eigenvalue weighted by Crippen LogP contribution is 2.30. The minimum Gasteiger partial charge on any atom is -0.383 e. The van der Waals surface area contributed by atoms with E-state index in [1.54, 1.807) is 0 Å². The molecule has 9 nitrogen and oxygen atoms in total. The van der Waals surface area contributed by atoms with Gasteiger partial charge in [-0.25, -0.2) is 12.8 Å². The van der Waals surface area contributed by atoms with Crippen LogP contribution in [0.3, 0.4) is 0 Å². The number of halogens is 1. The van der Waals surface area contributed by atoms with Gasteiger partial charge in [-0.2, -0.15) is 4.31 Å². The minimum absolute atomic E-state index is 0.0146. The van der Waals surface area contributed by atoms with Crippen LogP contribution in [0, 0.1) is 15.9 Å². The molecule has 1 rings (SSSR count). The van der Waals surface area contributed by atoms with Gasteiger partial charge in [0.25, 0.3) is 5.69 Å². The molecule has 0 spiro atoms. The summed E-state index contributed by atoms with van der Waals surface area (Å²) in [5.41, 5.74) is 0.958. The van der Waals surface area contributed by atoms with E-state index in [2.05, 4.69) is 0 Å². The molecule has 0 saturated heterocycles. The van der Waals surface area contributed by atoms with Gasteiger partial charge < -0.3 is 10.2 Å². The number of anilines is 1. The molecule has 0 aromatic heterocycles. The highest BCUT2D eigenvalue weighted by atomic mass is 32.2. The summed E-state index contributed by atoms with van der Waals surface area (Å²) >= 11 is 0. The Bertz CT molecular complexity index is 637. The van der Waals surface area contributed by atoms with Gasteiger partial charge in [-0.1, -0.05) is 0 Å². The Morgan fingerprint density at radius 3 is 2.62 bits per heavy atom. The lowest BCUT2D eigenvalue weighted by atomic mass is 10.3. The molecule has 0 saturated carbocycles. The van der Waals surface area contributed by atoms with Crippen molar-refractivity contribution in [3.63, 3.8) is 0 Å². The third-order valence-electron chi connectivity index (χ3n) is 2.67. The highest BCUT2D eigenvalue weighted by molar-refractivity contribution is 7.89. The number of rotatable bonds is 7. The molecule has 0 aliphatic rings. The van der Waals surface area contributed by atoms with Gasteiger partial charge in [0.05, 0.1) is 23.3 Å². The molecule has 0 bridgehead atoms. The summed E-state index contributed by atoms with van der Waals surface area (Å²) in [6.07, 6.45) is 0. The zero-order chi connectivity index (χ0) is 16.2. The maximum absolute atomic E-state index is 14.0. The first kappa shape index (κ1) is 17.2. The lowest BCUT2D eigenvalue weighted by Crippen LogP contribution is -2.31. The number of hydrogen-bond acceptors (Lipinski definition) is 7. The zero-order valence-electron chi connectivity index (χ0n) is 11.4. The molecule has 21 heavy (non-hydrogen) atoms. The fourth-order valence-corrected chi connectivity index (χ4v) is 2.88. The van der Waals surface area contributed by atoms with Crippen molar-refractivity contribution in [3.8, 4) is 0 Å². The van der Waals surface area contributed by atoms with Crippen LogP contribution in [0.1, 0.15) is 0 Å². The quantitative estimate of drug-likeness (QED) is 0.419. The average Bonchev–Trinajstić information content (AvgIpc) is 2.42. The third kappa shape index (κ3) is 3.64. The first-order valence-electron chi connectivity index (χ1n) is 5.65. The van der Waals surface area contributed by atoms with Crippen molar-refractivity contribution in [2.75, 3.05) is 32.7 Å². The number of ether oxygens (including phenoxy) is 1. The van der Waals surface area contributed by atoms with Gasteiger partial charge >= 0.3 is 0 Å². The number of nitrogens with zero attached hydrogens (tertiary/aromatic N) is 2. The van der Waals surface area contributed by atoms with Gasteiger partial charge in [0.1, 0.15) is 4.90 Å². The normalized spacial score (nSPS) is 11.7. The second-order valence-corrected chi connectivity index (χ2v) is 6.01. The fraction of sp³-hybridized carbons (Fsp3) is 0.400. The first-order chi connectivity index (χ1) is 9.75. The Balaban J connectivity index is 3.38. The van der Waals surface area contributed by atoms with Crippen molar-refractivity contribution < 1.29 is 22.5 Å².